The fraction of sp³-hybridized carbons (Fsp3) is 0.538. The highest BCUT2D eigenvalue weighted by molar-refractivity contribution is 5.45. The van der Waals surface area contributed by atoms with Gasteiger partial charge >= 0.3 is 0 Å². The molecule has 0 atom stereocenters. The Morgan fingerprint density at radius 1 is 1.38 bits per heavy atom. The van der Waals surface area contributed by atoms with Gasteiger partial charge in [0.1, 0.15) is 18.1 Å². The number of ether oxygens (including phenoxy) is 2. The maximum absolute atomic E-state index is 5.79. The molecule has 0 saturated heterocycles. The summed E-state index contributed by atoms with van der Waals surface area (Å²) in [5.74, 6) is 1.98. The van der Waals surface area contributed by atoms with E-state index in [1.807, 2.05) is 32.3 Å². The van der Waals surface area contributed by atoms with E-state index in [0.717, 1.165) is 44.1 Å². The van der Waals surface area contributed by atoms with Gasteiger partial charge in [0.15, 0.2) is 0 Å². The fourth-order valence-corrected chi connectivity index (χ4v) is 1.83. The third-order valence-corrected chi connectivity index (χ3v) is 2.71. The number of likely N-dealkylation sites (N-methyl/N-ethyl adjacent to an activating group) is 1. The Morgan fingerprint density at radius 3 is 3.06 bits per heavy atom. The molecule has 0 unspecified atom stereocenters. The molecule has 3 nitrogen and oxygen atoms in total. The summed E-state index contributed by atoms with van der Waals surface area (Å²) < 4.78 is 11.4. The van der Waals surface area contributed by atoms with E-state index in [1.54, 1.807) is 0 Å². The Balaban J connectivity index is 2.03. The van der Waals surface area contributed by atoms with Crippen molar-refractivity contribution < 1.29 is 9.47 Å². The molecule has 0 aliphatic carbocycles. The zero-order valence-corrected chi connectivity index (χ0v) is 10.0. The average Bonchev–Trinajstić information content (AvgIpc) is 2.29. The smallest absolute Gasteiger partial charge is 0.126 e. The van der Waals surface area contributed by atoms with Crippen LogP contribution in [0.1, 0.15) is 12.0 Å². The zero-order chi connectivity index (χ0) is 11.4. The van der Waals surface area contributed by atoms with E-state index in [4.69, 9.17) is 9.47 Å². The van der Waals surface area contributed by atoms with Crippen LogP contribution >= 0.6 is 0 Å². The number of hydrogen-bond donors (Lipinski definition) is 0. The molecule has 1 aliphatic rings. The van der Waals surface area contributed by atoms with Crippen LogP contribution in [0.15, 0.2) is 18.2 Å². The minimum absolute atomic E-state index is 0.726. The molecule has 0 aromatic heterocycles. The molecule has 1 aromatic carbocycles. The summed E-state index contributed by atoms with van der Waals surface area (Å²) in [7, 11) is 4.10. The van der Waals surface area contributed by atoms with Crippen LogP contribution in [-0.4, -0.2) is 38.8 Å². The molecule has 0 spiro atoms. The SMILES string of the molecule is CN(C)CCOc1cccc2c1CCCO2. The summed E-state index contributed by atoms with van der Waals surface area (Å²) in [6, 6.07) is 6.05. The minimum Gasteiger partial charge on any atom is -0.493 e. The molecular weight excluding hydrogens is 202 g/mol. The first kappa shape index (κ1) is 11.3. The summed E-state index contributed by atoms with van der Waals surface area (Å²) in [6.07, 6.45) is 2.15. The quantitative estimate of drug-likeness (QED) is 0.775. The molecule has 0 amide bonds. The van der Waals surface area contributed by atoms with Gasteiger partial charge in [-0.15, -0.1) is 0 Å². The Labute approximate surface area is 97.0 Å². The van der Waals surface area contributed by atoms with Crippen molar-refractivity contribution in [2.45, 2.75) is 12.8 Å². The molecule has 2 rings (SSSR count). The van der Waals surface area contributed by atoms with Crippen molar-refractivity contribution in [3.63, 3.8) is 0 Å². The van der Waals surface area contributed by atoms with E-state index in [2.05, 4.69) is 4.90 Å². The van der Waals surface area contributed by atoms with Crippen LogP contribution in [0.4, 0.5) is 0 Å². The summed E-state index contributed by atoms with van der Waals surface area (Å²) >= 11 is 0. The lowest BCUT2D eigenvalue weighted by atomic mass is 10.1. The molecule has 16 heavy (non-hydrogen) atoms. The van der Waals surface area contributed by atoms with E-state index < -0.39 is 0 Å². The summed E-state index contributed by atoms with van der Waals surface area (Å²) in [6.45, 7) is 2.49. The van der Waals surface area contributed by atoms with Crippen molar-refractivity contribution in [1.82, 2.24) is 4.90 Å². The largest absolute Gasteiger partial charge is 0.493 e. The number of fused-ring (bicyclic) bond motifs is 1. The van der Waals surface area contributed by atoms with Crippen LogP contribution in [0, 0.1) is 0 Å². The topological polar surface area (TPSA) is 21.7 Å². The number of benzene rings is 1. The second-order valence-electron chi connectivity index (χ2n) is 4.34. The maximum atomic E-state index is 5.79. The molecule has 0 fully saturated rings. The predicted octanol–water partition coefficient (Wildman–Crippen LogP) is 1.95. The molecule has 1 aromatic rings. The van der Waals surface area contributed by atoms with Gasteiger partial charge in [0.2, 0.25) is 0 Å². The van der Waals surface area contributed by atoms with Gasteiger partial charge in [0, 0.05) is 12.1 Å². The van der Waals surface area contributed by atoms with Gasteiger partial charge in [0.25, 0.3) is 0 Å². The van der Waals surface area contributed by atoms with Gasteiger partial charge in [-0.25, -0.2) is 0 Å². The molecule has 0 N–H and O–H groups in total. The minimum atomic E-state index is 0.726. The molecule has 0 bridgehead atoms. The third kappa shape index (κ3) is 2.67. The summed E-state index contributed by atoms with van der Waals surface area (Å²) in [5.41, 5.74) is 1.23. The van der Waals surface area contributed by atoms with E-state index in [0.29, 0.717) is 0 Å². The van der Waals surface area contributed by atoms with E-state index >= 15 is 0 Å². The molecule has 1 heterocycles. The Morgan fingerprint density at radius 2 is 2.25 bits per heavy atom. The highest BCUT2D eigenvalue weighted by Gasteiger charge is 2.14. The van der Waals surface area contributed by atoms with Crippen LogP contribution in [0.5, 0.6) is 11.5 Å². The van der Waals surface area contributed by atoms with Crippen molar-refractivity contribution in [1.29, 1.82) is 0 Å². The van der Waals surface area contributed by atoms with Crippen molar-refractivity contribution in [3.05, 3.63) is 23.8 Å². The van der Waals surface area contributed by atoms with Crippen molar-refractivity contribution in [3.8, 4) is 11.5 Å². The molecular formula is C13H19NO2. The Kier molecular flexibility index (Phi) is 3.67. The lowest BCUT2D eigenvalue weighted by Gasteiger charge is -2.20. The monoisotopic (exact) mass is 221 g/mol. The van der Waals surface area contributed by atoms with Gasteiger partial charge in [-0.05, 0) is 39.1 Å². The second-order valence-corrected chi connectivity index (χ2v) is 4.34. The second kappa shape index (κ2) is 5.21. The molecule has 0 radical (unpaired) electrons. The normalized spacial score (nSPS) is 14.4. The van der Waals surface area contributed by atoms with Gasteiger partial charge in [-0.2, -0.15) is 0 Å². The molecule has 1 aliphatic heterocycles. The number of rotatable bonds is 4. The lowest BCUT2D eigenvalue weighted by molar-refractivity contribution is 0.248. The van der Waals surface area contributed by atoms with Crippen LogP contribution in [-0.2, 0) is 6.42 Å². The van der Waals surface area contributed by atoms with Crippen LogP contribution in [0.2, 0.25) is 0 Å². The number of nitrogens with zero attached hydrogens (tertiary/aromatic N) is 1. The first-order valence-electron chi connectivity index (χ1n) is 5.79. The third-order valence-electron chi connectivity index (χ3n) is 2.71. The predicted molar refractivity (Wildman–Crippen MR) is 64.3 cm³/mol. The molecule has 3 heteroatoms. The van der Waals surface area contributed by atoms with Crippen molar-refractivity contribution in [2.24, 2.45) is 0 Å². The summed E-state index contributed by atoms with van der Waals surface area (Å²) in [4.78, 5) is 2.12. The highest BCUT2D eigenvalue weighted by Crippen LogP contribution is 2.32. The first-order chi connectivity index (χ1) is 7.77. The van der Waals surface area contributed by atoms with Gasteiger partial charge < -0.3 is 14.4 Å². The van der Waals surface area contributed by atoms with E-state index in [1.165, 1.54) is 5.56 Å². The van der Waals surface area contributed by atoms with Crippen molar-refractivity contribution in [2.75, 3.05) is 33.9 Å². The Hall–Kier alpha value is -1.22. The Bertz CT molecular complexity index is 350. The van der Waals surface area contributed by atoms with E-state index in [-0.39, 0.29) is 0 Å². The molecule has 0 saturated carbocycles. The standard InChI is InChI=1S/C13H19NO2/c1-14(2)8-10-16-13-7-3-6-12-11(13)5-4-9-15-12/h3,6-7H,4-5,8-10H2,1-2H3. The van der Waals surface area contributed by atoms with E-state index in [9.17, 15) is 0 Å². The average molecular weight is 221 g/mol. The van der Waals surface area contributed by atoms with Crippen LogP contribution in [0.3, 0.4) is 0 Å². The first-order valence-corrected chi connectivity index (χ1v) is 5.79. The number of hydrogen-bond acceptors (Lipinski definition) is 3. The van der Waals surface area contributed by atoms with Gasteiger partial charge in [-0.3, -0.25) is 0 Å². The maximum Gasteiger partial charge on any atom is 0.126 e. The highest BCUT2D eigenvalue weighted by atomic mass is 16.5. The van der Waals surface area contributed by atoms with Crippen LogP contribution < -0.4 is 9.47 Å². The lowest BCUT2D eigenvalue weighted by Crippen LogP contribution is -2.20. The fourth-order valence-electron chi connectivity index (χ4n) is 1.83. The van der Waals surface area contributed by atoms with Crippen LogP contribution in [0.25, 0.3) is 0 Å². The van der Waals surface area contributed by atoms with Crippen molar-refractivity contribution >= 4 is 0 Å². The summed E-state index contributed by atoms with van der Waals surface area (Å²) in [5, 5.41) is 0. The molecule has 88 valence electrons. The van der Waals surface area contributed by atoms with Gasteiger partial charge in [0.05, 0.1) is 6.61 Å². The zero-order valence-electron chi connectivity index (χ0n) is 10.0. The van der Waals surface area contributed by atoms with Gasteiger partial charge in [-0.1, -0.05) is 6.07 Å².